The summed E-state index contributed by atoms with van der Waals surface area (Å²) in [5.74, 6) is -0.206. The minimum absolute atomic E-state index is 0.219. The van der Waals surface area contributed by atoms with Crippen LogP contribution < -0.4 is 15.8 Å². The van der Waals surface area contributed by atoms with E-state index in [1.807, 2.05) is 44.2 Å². The average molecular weight is 336 g/mol. The van der Waals surface area contributed by atoms with Crippen LogP contribution in [0.15, 0.2) is 54.6 Å². The Morgan fingerprint density at radius 1 is 1.12 bits per heavy atom. The zero-order valence-electron chi connectivity index (χ0n) is 14.2. The molecule has 1 aliphatic rings. The lowest BCUT2D eigenvalue weighted by molar-refractivity contribution is -0.115. The summed E-state index contributed by atoms with van der Waals surface area (Å²) in [6, 6.07) is 14.5. The summed E-state index contributed by atoms with van der Waals surface area (Å²) in [6.45, 7) is 4.17. The smallest absolute Gasteiger partial charge is 0.252 e. The number of amides is 2. The third-order valence-corrected chi connectivity index (χ3v) is 3.96. The van der Waals surface area contributed by atoms with E-state index in [-0.39, 0.29) is 5.91 Å². The minimum atomic E-state index is -0.624. The van der Waals surface area contributed by atoms with Crippen molar-refractivity contribution in [2.75, 3.05) is 0 Å². The number of benzene rings is 2. The first-order valence-corrected chi connectivity index (χ1v) is 8.04. The molecule has 0 saturated heterocycles. The van der Waals surface area contributed by atoms with Crippen LogP contribution in [0.3, 0.4) is 0 Å². The van der Waals surface area contributed by atoms with Crippen molar-refractivity contribution in [1.29, 1.82) is 0 Å². The molecule has 0 radical (unpaired) electrons. The van der Waals surface area contributed by atoms with Gasteiger partial charge in [0.1, 0.15) is 11.4 Å². The predicted octanol–water partition coefficient (Wildman–Crippen LogP) is 2.66. The summed E-state index contributed by atoms with van der Waals surface area (Å²) in [6.07, 6.45) is 1.76. The fourth-order valence-electron chi connectivity index (χ4n) is 2.78. The van der Waals surface area contributed by atoms with Gasteiger partial charge in [-0.1, -0.05) is 30.3 Å². The Balaban J connectivity index is 1.90. The maximum Gasteiger partial charge on any atom is 0.252 e. The van der Waals surface area contributed by atoms with Crippen molar-refractivity contribution in [2.24, 2.45) is 5.73 Å². The normalized spacial score (nSPS) is 14.7. The van der Waals surface area contributed by atoms with Gasteiger partial charge < -0.3 is 15.8 Å². The number of carbonyl (C=O) groups is 2. The molecule has 3 N–H and O–H groups in total. The third kappa shape index (κ3) is 3.71. The lowest BCUT2D eigenvalue weighted by Crippen LogP contribution is -2.33. The highest BCUT2D eigenvalue weighted by Crippen LogP contribution is 2.36. The molecule has 1 aliphatic heterocycles. The van der Waals surface area contributed by atoms with Gasteiger partial charge in [-0.3, -0.25) is 9.59 Å². The van der Waals surface area contributed by atoms with E-state index in [1.165, 1.54) is 0 Å². The van der Waals surface area contributed by atoms with Crippen LogP contribution in [0.5, 0.6) is 5.75 Å². The van der Waals surface area contributed by atoms with Crippen LogP contribution in [0.4, 0.5) is 0 Å². The molecule has 0 aliphatic carbocycles. The lowest BCUT2D eigenvalue weighted by Gasteiger charge is -2.31. The number of hydrogen-bond acceptors (Lipinski definition) is 3. The number of primary amides is 1. The van der Waals surface area contributed by atoms with Crippen molar-refractivity contribution in [3.05, 3.63) is 71.3 Å². The van der Waals surface area contributed by atoms with E-state index >= 15 is 0 Å². The van der Waals surface area contributed by atoms with E-state index in [9.17, 15) is 9.59 Å². The summed E-state index contributed by atoms with van der Waals surface area (Å²) in [7, 11) is 0. The van der Waals surface area contributed by atoms with Crippen LogP contribution in [0.25, 0.3) is 5.57 Å². The zero-order chi connectivity index (χ0) is 18.0. The number of nitrogens with two attached hydrogens (primary N) is 1. The summed E-state index contributed by atoms with van der Waals surface area (Å²) in [4.78, 5) is 24.2. The molecule has 0 fully saturated rings. The second-order valence-corrected chi connectivity index (χ2v) is 6.51. The first-order chi connectivity index (χ1) is 11.9. The highest BCUT2D eigenvalue weighted by molar-refractivity contribution is 6.21. The summed E-state index contributed by atoms with van der Waals surface area (Å²) in [5, 5.41) is 2.92. The molecule has 0 atom stereocenters. The van der Waals surface area contributed by atoms with Gasteiger partial charge in [-0.2, -0.15) is 0 Å². The largest absolute Gasteiger partial charge is 0.483 e. The van der Waals surface area contributed by atoms with E-state index in [2.05, 4.69) is 5.32 Å². The fraction of sp³-hybridized carbons (Fsp3) is 0.200. The Bertz CT molecular complexity index is 854. The van der Waals surface area contributed by atoms with Gasteiger partial charge in [0.05, 0.1) is 5.57 Å². The van der Waals surface area contributed by atoms with Gasteiger partial charge in [0.15, 0.2) is 0 Å². The monoisotopic (exact) mass is 336 g/mol. The molecular formula is C20H20N2O3. The molecule has 25 heavy (non-hydrogen) atoms. The van der Waals surface area contributed by atoms with Crippen LogP contribution in [0.1, 0.15) is 35.3 Å². The summed E-state index contributed by atoms with van der Waals surface area (Å²) < 4.78 is 5.89. The van der Waals surface area contributed by atoms with Crippen molar-refractivity contribution in [3.63, 3.8) is 0 Å². The van der Waals surface area contributed by atoms with E-state index in [0.29, 0.717) is 29.0 Å². The number of nitrogens with one attached hydrogen (secondary N) is 1. The summed E-state index contributed by atoms with van der Waals surface area (Å²) in [5.41, 5.74) is 7.13. The first kappa shape index (κ1) is 16.8. The molecule has 5 heteroatoms. The molecule has 2 amide bonds. The fourth-order valence-corrected chi connectivity index (χ4v) is 2.78. The number of rotatable bonds is 4. The van der Waals surface area contributed by atoms with Gasteiger partial charge in [0.25, 0.3) is 5.91 Å². The number of ether oxygens (including phenoxy) is 1. The number of fused-ring (bicyclic) bond motifs is 1. The maximum atomic E-state index is 12.8. The average Bonchev–Trinajstić information content (AvgIpc) is 2.58. The van der Waals surface area contributed by atoms with Gasteiger partial charge in [0, 0.05) is 17.7 Å². The Hall–Kier alpha value is -3.08. The topological polar surface area (TPSA) is 81.4 Å². The highest BCUT2D eigenvalue weighted by atomic mass is 16.5. The molecule has 3 rings (SSSR count). The Morgan fingerprint density at radius 3 is 2.52 bits per heavy atom. The van der Waals surface area contributed by atoms with Crippen molar-refractivity contribution in [3.8, 4) is 5.75 Å². The molecule has 0 bridgehead atoms. The predicted molar refractivity (Wildman–Crippen MR) is 95.9 cm³/mol. The Labute approximate surface area is 146 Å². The molecule has 1 heterocycles. The van der Waals surface area contributed by atoms with Crippen molar-refractivity contribution in [1.82, 2.24) is 5.32 Å². The van der Waals surface area contributed by atoms with Gasteiger partial charge in [0.2, 0.25) is 5.91 Å². The standard InChI is InChI=1S/C20H20N2O3/c1-20(2)11-16(19(24)22-12-13-6-4-3-5-7-13)15-10-14(18(21)23)8-9-17(15)25-20/h3-11H,12H2,1-2H3,(H2,21,23)(H,22,24). The third-order valence-electron chi connectivity index (χ3n) is 3.96. The van der Waals surface area contributed by atoms with Crippen LogP contribution in [0, 0.1) is 0 Å². The van der Waals surface area contributed by atoms with E-state index in [0.717, 1.165) is 5.56 Å². The van der Waals surface area contributed by atoms with Crippen LogP contribution >= 0.6 is 0 Å². The van der Waals surface area contributed by atoms with Crippen LogP contribution in [-0.4, -0.2) is 17.4 Å². The number of hydrogen-bond donors (Lipinski definition) is 2. The van der Waals surface area contributed by atoms with Crippen LogP contribution in [-0.2, 0) is 11.3 Å². The molecule has 128 valence electrons. The molecule has 0 saturated carbocycles. The van der Waals surface area contributed by atoms with Gasteiger partial charge >= 0.3 is 0 Å². The van der Waals surface area contributed by atoms with E-state index < -0.39 is 11.5 Å². The SMILES string of the molecule is CC1(C)C=C(C(=O)NCc2ccccc2)c2cc(C(N)=O)ccc2O1. The van der Waals surface area contributed by atoms with Gasteiger partial charge in [-0.15, -0.1) is 0 Å². The molecule has 5 nitrogen and oxygen atoms in total. The van der Waals surface area contributed by atoms with Crippen molar-refractivity contribution < 1.29 is 14.3 Å². The van der Waals surface area contributed by atoms with Gasteiger partial charge in [-0.25, -0.2) is 0 Å². The van der Waals surface area contributed by atoms with Crippen molar-refractivity contribution in [2.45, 2.75) is 26.0 Å². The number of carbonyl (C=O) groups excluding carboxylic acids is 2. The second kappa shape index (κ2) is 6.43. The Kier molecular flexibility index (Phi) is 4.31. The quantitative estimate of drug-likeness (QED) is 0.900. The lowest BCUT2D eigenvalue weighted by atomic mass is 9.92. The molecular weight excluding hydrogens is 316 g/mol. The maximum absolute atomic E-state index is 12.8. The highest BCUT2D eigenvalue weighted by Gasteiger charge is 2.30. The first-order valence-electron chi connectivity index (χ1n) is 8.04. The minimum Gasteiger partial charge on any atom is -0.483 e. The zero-order valence-corrected chi connectivity index (χ0v) is 14.2. The van der Waals surface area contributed by atoms with Crippen LogP contribution in [0.2, 0.25) is 0 Å². The second-order valence-electron chi connectivity index (χ2n) is 6.51. The Morgan fingerprint density at radius 2 is 1.84 bits per heavy atom. The summed E-state index contributed by atoms with van der Waals surface area (Å²) >= 11 is 0. The van der Waals surface area contributed by atoms with E-state index in [4.69, 9.17) is 10.5 Å². The molecule has 0 unspecified atom stereocenters. The van der Waals surface area contributed by atoms with Gasteiger partial charge in [-0.05, 0) is 43.7 Å². The molecule has 2 aromatic rings. The molecule has 0 aromatic heterocycles. The van der Waals surface area contributed by atoms with E-state index in [1.54, 1.807) is 24.3 Å². The molecule has 2 aromatic carbocycles. The molecule has 0 spiro atoms. The van der Waals surface area contributed by atoms with Crippen molar-refractivity contribution >= 4 is 17.4 Å².